The maximum Gasteiger partial charge on any atom is 0.323 e. The third-order valence-corrected chi connectivity index (χ3v) is 4.74. The zero-order valence-corrected chi connectivity index (χ0v) is 11.8. The van der Waals surface area contributed by atoms with Crippen molar-refractivity contribution in [3.63, 3.8) is 0 Å². The number of nitrogens with zero attached hydrogens (tertiary/aromatic N) is 1. The first kappa shape index (κ1) is 13.4. The molecule has 0 aliphatic carbocycles. The summed E-state index contributed by atoms with van der Waals surface area (Å²) in [4.78, 5) is 13.8. The molecule has 2 aliphatic heterocycles. The summed E-state index contributed by atoms with van der Waals surface area (Å²) < 4.78 is 5.71. The second kappa shape index (κ2) is 5.09. The van der Waals surface area contributed by atoms with Crippen LogP contribution in [0.5, 0.6) is 5.75 Å². The number of ether oxygens (including phenoxy) is 1. The zero-order chi connectivity index (χ0) is 14.2. The fraction of sp³-hybridized carbons (Fsp3) is 0.562. The van der Waals surface area contributed by atoms with Crippen molar-refractivity contribution < 1.29 is 14.6 Å². The number of piperidine rings is 1. The average molecular weight is 275 g/mol. The lowest BCUT2D eigenvalue weighted by molar-refractivity contribution is -0.153. The van der Waals surface area contributed by atoms with Gasteiger partial charge in [-0.1, -0.05) is 18.2 Å². The number of carboxylic acid groups (broad SMARTS) is 1. The molecule has 4 heteroatoms. The lowest BCUT2D eigenvalue weighted by Gasteiger charge is -2.42. The molecule has 1 N–H and O–H groups in total. The SMILES string of the molecule is CC1(C(=O)O)CCCCN1CC1COc2ccccc21. The molecular formula is C16H21NO3. The van der Waals surface area contributed by atoms with Gasteiger partial charge in [0.25, 0.3) is 0 Å². The van der Waals surface area contributed by atoms with Crippen molar-refractivity contribution in [1.82, 2.24) is 4.90 Å². The third kappa shape index (κ3) is 2.18. The van der Waals surface area contributed by atoms with E-state index in [1.807, 2.05) is 25.1 Å². The molecule has 1 aromatic rings. The summed E-state index contributed by atoms with van der Waals surface area (Å²) >= 11 is 0. The van der Waals surface area contributed by atoms with E-state index in [2.05, 4.69) is 11.0 Å². The van der Waals surface area contributed by atoms with E-state index in [9.17, 15) is 9.90 Å². The van der Waals surface area contributed by atoms with Gasteiger partial charge in [-0.3, -0.25) is 9.69 Å². The van der Waals surface area contributed by atoms with Gasteiger partial charge in [-0.2, -0.15) is 0 Å². The maximum atomic E-state index is 11.6. The average Bonchev–Trinajstić information content (AvgIpc) is 2.85. The molecule has 20 heavy (non-hydrogen) atoms. The molecule has 2 atom stereocenters. The normalized spacial score (nSPS) is 29.8. The summed E-state index contributed by atoms with van der Waals surface area (Å²) in [5, 5.41) is 9.56. The number of aliphatic carboxylic acids is 1. The molecular weight excluding hydrogens is 254 g/mol. The number of carbonyl (C=O) groups is 1. The minimum Gasteiger partial charge on any atom is -0.493 e. The molecule has 2 unspecified atom stereocenters. The van der Waals surface area contributed by atoms with E-state index in [1.54, 1.807) is 0 Å². The first-order valence-electron chi connectivity index (χ1n) is 7.31. The van der Waals surface area contributed by atoms with Crippen LogP contribution in [-0.4, -0.2) is 41.2 Å². The van der Waals surface area contributed by atoms with Crippen molar-refractivity contribution in [3.8, 4) is 5.75 Å². The minimum absolute atomic E-state index is 0.281. The van der Waals surface area contributed by atoms with Gasteiger partial charge in [-0.05, 0) is 38.8 Å². The molecule has 0 saturated carbocycles. The molecule has 0 spiro atoms. The highest BCUT2D eigenvalue weighted by molar-refractivity contribution is 5.78. The molecule has 2 heterocycles. The summed E-state index contributed by atoms with van der Waals surface area (Å²) in [7, 11) is 0. The molecule has 4 nitrogen and oxygen atoms in total. The van der Waals surface area contributed by atoms with Crippen molar-refractivity contribution in [3.05, 3.63) is 29.8 Å². The quantitative estimate of drug-likeness (QED) is 0.920. The number of hydrogen-bond acceptors (Lipinski definition) is 3. The Morgan fingerprint density at radius 3 is 3.05 bits per heavy atom. The predicted octanol–water partition coefficient (Wildman–Crippen LogP) is 2.49. The van der Waals surface area contributed by atoms with Gasteiger partial charge in [0.05, 0.1) is 6.61 Å². The summed E-state index contributed by atoms with van der Waals surface area (Å²) in [6, 6.07) is 8.08. The maximum absolute atomic E-state index is 11.6. The predicted molar refractivity (Wildman–Crippen MR) is 76.1 cm³/mol. The first-order chi connectivity index (χ1) is 9.61. The number of rotatable bonds is 3. The Labute approximate surface area is 119 Å². The lowest BCUT2D eigenvalue weighted by atomic mass is 9.87. The molecule has 2 aliphatic rings. The van der Waals surface area contributed by atoms with Gasteiger partial charge in [-0.15, -0.1) is 0 Å². The molecule has 0 radical (unpaired) electrons. The molecule has 108 valence electrons. The van der Waals surface area contributed by atoms with E-state index in [4.69, 9.17) is 4.74 Å². The summed E-state index contributed by atoms with van der Waals surface area (Å²) in [5.74, 6) is 0.527. The van der Waals surface area contributed by atoms with Crippen LogP contribution in [0.4, 0.5) is 0 Å². The largest absolute Gasteiger partial charge is 0.493 e. The Bertz CT molecular complexity index is 516. The van der Waals surface area contributed by atoms with Crippen molar-refractivity contribution in [2.45, 2.75) is 37.6 Å². The summed E-state index contributed by atoms with van der Waals surface area (Å²) in [5.41, 5.74) is 0.487. The van der Waals surface area contributed by atoms with Gasteiger partial charge >= 0.3 is 5.97 Å². The Hall–Kier alpha value is -1.55. The number of para-hydroxylation sites is 1. The van der Waals surface area contributed by atoms with Crippen LogP contribution in [0, 0.1) is 0 Å². The number of hydrogen-bond donors (Lipinski definition) is 1. The highest BCUT2D eigenvalue weighted by Crippen LogP contribution is 2.37. The van der Waals surface area contributed by atoms with Gasteiger partial charge < -0.3 is 9.84 Å². The molecule has 0 amide bonds. The molecule has 0 bridgehead atoms. The Morgan fingerprint density at radius 2 is 2.25 bits per heavy atom. The van der Waals surface area contributed by atoms with E-state index in [1.165, 1.54) is 5.56 Å². The van der Waals surface area contributed by atoms with Gasteiger partial charge in [0.1, 0.15) is 11.3 Å². The number of likely N-dealkylation sites (tertiary alicyclic amines) is 1. The Kier molecular flexibility index (Phi) is 3.42. The van der Waals surface area contributed by atoms with Gasteiger partial charge in [0, 0.05) is 18.0 Å². The van der Waals surface area contributed by atoms with Crippen molar-refractivity contribution >= 4 is 5.97 Å². The standard InChI is InChI=1S/C16H21NO3/c1-16(15(18)19)8-4-5-9-17(16)10-12-11-20-14-7-3-2-6-13(12)14/h2-3,6-7,12H,4-5,8-11H2,1H3,(H,18,19). The van der Waals surface area contributed by atoms with Crippen LogP contribution in [-0.2, 0) is 4.79 Å². The van der Waals surface area contributed by atoms with Crippen LogP contribution in [0.25, 0.3) is 0 Å². The van der Waals surface area contributed by atoms with Gasteiger partial charge in [-0.25, -0.2) is 0 Å². The second-order valence-electron chi connectivity index (χ2n) is 6.03. The number of carboxylic acids is 1. The van der Waals surface area contributed by atoms with Crippen LogP contribution in [0.2, 0.25) is 0 Å². The van der Waals surface area contributed by atoms with Crippen LogP contribution >= 0.6 is 0 Å². The summed E-state index contributed by atoms with van der Waals surface area (Å²) in [6.45, 7) is 4.14. The smallest absolute Gasteiger partial charge is 0.323 e. The van der Waals surface area contributed by atoms with Crippen LogP contribution in [0.1, 0.15) is 37.7 Å². The monoisotopic (exact) mass is 275 g/mol. The second-order valence-corrected chi connectivity index (χ2v) is 6.03. The fourth-order valence-electron chi connectivity index (χ4n) is 3.36. The topological polar surface area (TPSA) is 49.8 Å². The summed E-state index contributed by atoms with van der Waals surface area (Å²) in [6.07, 6.45) is 2.81. The number of fused-ring (bicyclic) bond motifs is 1. The van der Waals surface area contributed by atoms with Crippen molar-refractivity contribution in [2.24, 2.45) is 0 Å². The third-order valence-electron chi connectivity index (χ3n) is 4.74. The van der Waals surface area contributed by atoms with E-state index in [0.29, 0.717) is 6.61 Å². The molecule has 1 saturated heterocycles. The lowest BCUT2D eigenvalue weighted by Crippen LogP contribution is -2.56. The van der Waals surface area contributed by atoms with E-state index >= 15 is 0 Å². The zero-order valence-electron chi connectivity index (χ0n) is 11.8. The van der Waals surface area contributed by atoms with E-state index < -0.39 is 11.5 Å². The molecule has 1 aromatic carbocycles. The first-order valence-corrected chi connectivity index (χ1v) is 7.31. The van der Waals surface area contributed by atoms with E-state index in [-0.39, 0.29) is 5.92 Å². The van der Waals surface area contributed by atoms with E-state index in [0.717, 1.165) is 38.1 Å². The van der Waals surface area contributed by atoms with Crippen LogP contribution in [0.3, 0.4) is 0 Å². The fourth-order valence-corrected chi connectivity index (χ4v) is 3.36. The molecule has 3 rings (SSSR count). The molecule has 1 fully saturated rings. The van der Waals surface area contributed by atoms with Crippen LogP contribution < -0.4 is 4.74 Å². The Balaban J connectivity index is 1.79. The van der Waals surface area contributed by atoms with Crippen LogP contribution in [0.15, 0.2) is 24.3 Å². The minimum atomic E-state index is -0.726. The highest BCUT2D eigenvalue weighted by atomic mass is 16.5. The number of benzene rings is 1. The van der Waals surface area contributed by atoms with Crippen molar-refractivity contribution in [1.29, 1.82) is 0 Å². The Morgan fingerprint density at radius 1 is 1.45 bits per heavy atom. The van der Waals surface area contributed by atoms with Crippen molar-refractivity contribution in [2.75, 3.05) is 19.7 Å². The van der Waals surface area contributed by atoms with Gasteiger partial charge in [0.15, 0.2) is 0 Å². The molecule has 0 aromatic heterocycles. The highest BCUT2D eigenvalue weighted by Gasteiger charge is 2.42. The van der Waals surface area contributed by atoms with Gasteiger partial charge in [0.2, 0.25) is 0 Å².